The van der Waals surface area contributed by atoms with Gasteiger partial charge in [-0.05, 0) is 38.9 Å². The minimum atomic E-state index is -0.163. The van der Waals surface area contributed by atoms with Crippen molar-refractivity contribution in [3.63, 3.8) is 0 Å². The number of fused-ring (bicyclic) bond motifs is 1. The van der Waals surface area contributed by atoms with E-state index in [-0.39, 0.29) is 12.1 Å². The van der Waals surface area contributed by atoms with Crippen LogP contribution in [0.15, 0.2) is 24.3 Å². The third-order valence-corrected chi connectivity index (χ3v) is 4.10. The molecule has 2 atom stereocenters. The third kappa shape index (κ3) is 2.03. The zero-order chi connectivity index (χ0) is 12.5. The van der Waals surface area contributed by atoms with Crippen molar-refractivity contribution < 1.29 is 9.53 Å². The van der Waals surface area contributed by atoms with Crippen molar-refractivity contribution in [2.75, 3.05) is 13.1 Å². The van der Waals surface area contributed by atoms with Gasteiger partial charge in [0.05, 0.1) is 5.56 Å². The van der Waals surface area contributed by atoms with Gasteiger partial charge in [-0.3, -0.25) is 0 Å². The molecule has 0 spiro atoms. The van der Waals surface area contributed by atoms with Crippen LogP contribution in [0.25, 0.3) is 0 Å². The molecular weight excluding hydrogens is 226 g/mol. The van der Waals surface area contributed by atoms with Crippen LogP contribution in [-0.2, 0) is 4.74 Å². The van der Waals surface area contributed by atoms with E-state index in [1.54, 1.807) is 0 Å². The Morgan fingerprint density at radius 2 is 2.06 bits per heavy atom. The minimum Gasteiger partial charge on any atom is -0.454 e. The SMILES string of the molecule is CC(CC1OC(=O)c2ccccc21)N1CCCC1. The van der Waals surface area contributed by atoms with Crippen molar-refractivity contribution >= 4 is 5.97 Å². The fraction of sp³-hybridized carbons (Fsp3) is 0.533. The number of hydrogen-bond acceptors (Lipinski definition) is 3. The lowest BCUT2D eigenvalue weighted by Gasteiger charge is -2.25. The Morgan fingerprint density at radius 3 is 2.83 bits per heavy atom. The van der Waals surface area contributed by atoms with Gasteiger partial charge in [-0.25, -0.2) is 4.79 Å². The molecule has 1 fully saturated rings. The maximum absolute atomic E-state index is 11.7. The van der Waals surface area contributed by atoms with Crippen molar-refractivity contribution in [3.05, 3.63) is 35.4 Å². The second kappa shape index (κ2) is 4.73. The molecule has 2 unspecified atom stereocenters. The summed E-state index contributed by atoms with van der Waals surface area (Å²) in [4.78, 5) is 14.2. The fourth-order valence-electron chi connectivity index (χ4n) is 3.04. The first-order valence-corrected chi connectivity index (χ1v) is 6.79. The lowest BCUT2D eigenvalue weighted by molar-refractivity contribution is 0.0310. The first-order valence-electron chi connectivity index (χ1n) is 6.79. The molecule has 0 aromatic heterocycles. The highest BCUT2D eigenvalue weighted by Gasteiger charge is 2.32. The molecule has 3 heteroatoms. The molecule has 3 nitrogen and oxygen atoms in total. The van der Waals surface area contributed by atoms with E-state index in [1.807, 2.05) is 24.3 Å². The zero-order valence-electron chi connectivity index (χ0n) is 10.8. The Hall–Kier alpha value is -1.35. The fourth-order valence-corrected chi connectivity index (χ4v) is 3.04. The highest BCUT2D eigenvalue weighted by atomic mass is 16.5. The molecule has 2 aliphatic heterocycles. The zero-order valence-corrected chi connectivity index (χ0v) is 10.8. The van der Waals surface area contributed by atoms with E-state index in [2.05, 4.69) is 11.8 Å². The van der Waals surface area contributed by atoms with Crippen LogP contribution in [0, 0.1) is 0 Å². The van der Waals surface area contributed by atoms with Crippen molar-refractivity contribution in [1.29, 1.82) is 0 Å². The smallest absolute Gasteiger partial charge is 0.339 e. The molecule has 2 aliphatic rings. The maximum Gasteiger partial charge on any atom is 0.339 e. The van der Waals surface area contributed by atoms with E-state index < -0.39 is 0 Å². The van der Waals surface area contributed by atoms with Gasteiger partial charge in [0, 0.05) is 18.0 Å². The molecule has 0 radical (unpaired) electrons. The summed E-state index contributed by atoms with van der Waals surface area (Å²) in [5, 5.41) is 0. The van der Waals surface area contributed by atoms with E-state index >= 15 is 0 Å². The van der Waals surface area contributed by atoms with Crippen molar-refractivity contribution in [2.24, 2.45) is 0 Å². The third-order valence-electron chi connectivity index (χ3n) is 4.10. The predicted octanol–water partition coefficient (Wildman–Crippen LogP) is 2.77. The second-order valence-corrected chi connectivity index (χ2v) is 5.31. The van der Waals surface area contributed by atoms with Crippen LogP contribution in [0.1, 0.15) is 48.2 Å². The number of cyclic esters (lactones) is 1. The summed E-state index contributed by atoms with van der Waals surface area (Å²) in [5.41, 5.74) is 1.81. The van der Waals surface area contributed by atoms with Crippen LogP contribution >= 0.6 is 0 Å². The van der Waals surface area contributed by atoms with Gasteiger partial charge in [-0.15, -0.1) is 0 Å². The van der Waals surface area contributed by atoms with E-state index in [0.29, 0.717) is 6.04 Å². The number of ether oxygens (including phenoxy) is 1. The topological polar surface area (TPSA) is 29.5 Å². The van der Waals surface area contributed by atoms with Gasteiger partial charge in [0.2, 0.25) is 0 Å². The Bertz CT molecular complexity index is 452. The second-order valence-electron chi connectivity index (χ2n) is 5.31. The monoisotopic (exact) mass is 245 g/mol. The molecule has 1 aromatic rings. The quantitative estimate of drug-likeness (QED) is 0.767. The molecule has 0 aliphatic carbocycles. The first-order chi connectivity index (χ1) is 8.75. The molecule has 3 rings (SSSR count). The number of carbonyl (C=O) groups is 1. The normalized spacial score (nSPS) is 24.9. The van der Waals surface area contributed by atoms with Gasteiger partial charge in [0.25, 0.3) is 0 Å². The van der Waals surface area contributed by atoms with Crippen LogP contribution < -0.4 is 0 Å². The van der Waals surface area contributed by atoms with Gasteiger partial charge in [0.1, 0.15) is 6.10 Å². The predicted molar refractivity (Wildman–Crippen MR) is 69.5 cm³/mol. The summed E-state index contributed by atoms with van der Waals surface area (Å²) in [5.74, 6) is -0.163. The molecule has 0 bridgehead atoms. The molecule has 96 valence electrons. The summed E-state index contributed by atoms with van der Waals surface area (Å²) in [6.07, 6.45) is 3.45. The van der Waals surface area contributed by atoms with E-state index in [0.717, 1.165) is 17.5 Å². The number of rotatable bonds is 3. The number of likely N-dealkylation sites (tertiary alicyclic amines) is 1. The lowest BCUT2D eigenvalue weighted by Crippen LogP contribution is -2.31. The summed E-state index contributed by atoms with van der Waals surface area (Å²) >= 11 is 0. The summed E-state index contributed by atoms with van der Waals surface area (Å²) in [7, 11) is 0. The standard InChI is InChI=1S/C15H19NO2/c1-11(16-8-4-5-9-16)10-14-12-6-2-3-7-13(12)15(17)18-14/h2-3,6-7,11,14H,4-5,8-10H2,1H3. The molecule has 2 heterocycles. The first kappa shape index (κ1) is 11.7. The Balaban J connectivity index is 1.72. The van der Waals surface area contributed by atoms with E-state index in [1.165, 1.54) is 25.9 Å². The Kier molecular flexibility index (Phi) is 3.08. The average Bonchev–Trinajstić information content (AvgIpc) is 3.00. The van der Waals surface area contributed by atoms with Crippen molar-refractivity contribution in [1.82, 2.24) is 4.90 Å². The number of nitrogens with zero attached hydrogens (tertiary/aromatic N) is 1. The number of hydrogen-bond donors (Lipinski definition) is 0. The van der Waals surface area contributed by atoms with Gasteiger partial charge in [-0.2, -0.15) is 0 Å². The molecule has 18 heavy (non-hydrogen) atoms. The van der Waals surface area contributed by atoms with Crippen LogP contribution in [0.4, 0.5) is 0 Å². The Morgan fingerprint density at radius 1 is 1.33 bits per heavy atom. The van der Waals surface area contributed by atoms with Crippen molar-refractivity contribution in [3.8, 4) is 0 Å². The summed E-state index contributed by atoms with van der Waals surface area (Å²) in [6.45, 7) is 4.60. The van der Waals surface area contributed by atoms with Gasteiger partial charge in [-0.1, -0.05) is 18.2 Å². The molecule has 0 N–H and O–H groups in total. The van der Waals surface area contributed by atoms with E-state index in [9.17, 15) is 4.79 Å². The summed E-state index contributed by atoms with van der Waals surface area (Å²) in [6, 6.07) is 8.23. The van der Waals surface area contributed by atoms with Gasteiger partial charge >= 0.3 is 5.97 Å². The highest BCUT2D eigenvalue weighted by Crippen LogP contribution is 2.34. The summed E-state index contributed by atoms with van der Waals surface area (Å²) < 4.78 is 5.50. The molecule has 1 aromatic carbocycles. The number of benzene rings is 1. The maximum atomic E-state index is 11.7. The molecule has 0 amide bonds. The van der Waals surface area contributed by atoms with Gasteiger partial charge in [0.15, 0.2) is 0 Å². The van der Waals surface area contributed by atoms with Crippen LogP contribution in [-0.4, -0.2) is 30.0 Å². The minimum absolute atomic E-state index is 0.0516. The highest BCUT2D eigenvalue weighted by molar-refractivity contribution is 5.93. The lowest BCUT2D eigenvalue weighted by atomic mass is 10.00. The molecule has 1 saturated heterocycles. The van der Waals surface area contributed by atoms with E-state index in [4.69, 9.17) is 4.74 Å². The molecular formula is C15H19NO2. The van der Waals surface area contributed by atoms with Crippen LogP contribution in [0.2, 0.25) is 0 Å². The van der Waals surface area contributed by atoms with Crippen LogP contribution in [0.3, 0.4) is 0 Å². The van der Waals surface area contributed by atoms with Crippen LogP contribution in [0.5, 0.6) is 0 Å². The van der Waals surface area contributed by atoms with Gasteiger partial charge < -0.3 is 9.64 Å². The van der Waals surface area contributed by atoms with Crippen molar-refractivity contribution in [2.45, 2.75) is 38.3 Å². The average molecular weight is 245 g/mol. The number of esters is 1. The Labute approximate surface area is 108 Å². The molecule has 0 saturated carbocycles. The largest absolute Gasteiger partial charge is 0.454 e. The number of carbonyl (C=O) groups excluding carboxylic acids is 1.